The van der Waals surface area contributed by atoms with Crippen molar-refractivity contribution in [3.8, 4) is 0 Å². The van der Waals surface area contributed by atoms with Gasteiger partial charge >= 0.3 is 0 Å². The predicted molar refractivity (Wildman–Crippen MR) is 85.6 cm³/mol. The first-order valence-corrected chi connectivity index (χ1v) is 7.37. The largest absolute Gasteiger partial charge is 0.397 e. The first-order valence-electron chi connectivity index (χ1n) is 6.56. The molecule has 3 rings (SSSR count). The quantitative estimate of drug-likeness (QED) is 0.776. The van der Waals surface area contributed by atoms with Gasteiger partial charge in [0.2, 0.25) is 0 Å². The minimum atomic E-state index is -0.186. The molecule has 3 aromatic rings. The van der Waals surface area contributed by atoms with Gasteiger partial charge in [0.25, 0.3) is 5.91 Å². The lowest BCUT2D eigenvalue weighted by molar-refractivity contribution is 0.0772. The Hall–Kier alpha value is -2.18. The number of nitrogens with two attached hydrogens (primary N) is 1. The molecule has 0 bridgehead atoms. The third kappa shape index (κ3) is 2.32. The maximum Gasteiger partial charge on any atom is 0.265 e. The van der Waals surface area contributed by atoms with Gasteiger partial charge in [-0.05, 0) is 12.1 Å². The molecular weight excluding hydrogens is 286 g/mol. The highest BCUT2D eigenvalue weighted by molar-refractivity contribution is 7.21. The third-order valence-corrected chi connectivity index (χ3v) is 4.50. The van der Waals surface area contributed by atoms with Crippen LogP contribution in [0.15, 0.2) is 30.3 Å². The van der Waals surface area contributed by atoms with E-state index in [9.17, 15) is 4.79 Å². The number of carbonyl (C=O) groups is 1. The Labute approximate surface area is 125 Å². The summed E-state index contributed by atoms with van der Waals surface area (Å²) in [6, 6.07) is 9.74. The van der Waals surface area contributed by atoms with Crippen molar-refractivity contribution in [3.05, 3.63) is 35.2 Å². The Morgan fingerprint density at radius 2 is 2.19 bits per heavy atom. The Morgan fingerprint density at radius 1 is 1.43 bits per heavy atom. The lowest BCUT2D eigenvalue weighted by atomic mass is 10.1. The number of carbonyl (C=O) groups excluding carboxylic acids is 1. The fraction of sp³-hybridized carbons (Fsp3) is 0.200. The van der Waals surface area contributed by atoms with Crippen molar-refractivity contribution in [2.24, 2.45) is 0 Å². The molecule has 2 aromatic heterocycles. The van der Waals surface area contributed by atoms with E-state index in [1.165, 1.54) is 16.2 Å². The van der Waals surface area contributed by atoms with E-state index < -0.39 is 0 Å². The van der Waals surface area contributed by atoms with Crippen LogP contribution in [-0.4, -0.2) is 41.1 Å². The lowest BCUT2D eigenvalue weighted by Crippen LogP contribution is -2.29. The standard InChI is InChI=1S/C15H15N3O2S/c1-18(6-7-19)15(20)13-12(16)10-8-9-4-2-3-5-11(9)17-14(10)21-13/h2-5,8,19H,6-7,16H2,1H3. The van der Waals surface area contributed by atoms with E-state index in [0.717, 1.165) is 21.1 Å². The number of para-hydroxylation sites is 1. The summed E-state index contributed by atoms with van der Waals surface area (Å²) in [7, 11) is 1.65. The molecule has 0 unspecified atom stereocenters. The molecule has 0 atom stereocenters. The number of aliphatic hydroxyl groups excluding tert-OH is 1. The summed E-state index contributed by atoms with van der Waals surface area (Å²) in [6.45, 7) is 0.205. The van der Waals surface area contributed by atoms with Crippen LogP contribution in [0.5, 0.6) is 0 Å². The van der Waals surface area contributed by atoms with Crippen molar-refractivity contribution in [3.63, 3.8) is 0 Å². The summed E-state index contributed by atoms with van der Waals surface area (Å²) in [5.41, 5.74) is 7.47. The highest BCUT2D eigenvalue weighted by Crippen LogP contribution is 2.35. The van der Waals surface area contributed by atoms with Gasteiger partial charge in [0.15, 0.2) is 0 Å². The number of nitrogen functional groups attached to an aromatic ring is 1. The number of aromatic nitrogens is 1. The van der Waals surface area contributed by atoms with E-state index in [1.807, 2.05) is 30.3 Å². The van der Waals surface area contributed by atoms with Gasteiger partial charge in [-0.2, -0.15) is 0 Å². The van der Waals surface area contributed by atoms with Crippen LogP contribution in [0.4, 0.5) is 5.69 Å². The lowest BCUT2D eigenvalue weighted by Gasteiger charge is -2.14. The number of pyridine rings is 1. The Bertz CT molecular complexity index is 828. The van der Waals surface area contributed by atoms with Crippen LogP contribution >= 0.6 is 11.3 Å². The zero-order valence-corrected chi connectivity index (χ0v) is 12.4. The van der Waals surface area contributed by atoms with Crippen molar-refractivity contribution in [1.82, 2.24) is 9.88 Å². The molecule has 0 aliphatic rings. The van der Waals surface area contributed by atoms with Gasteiger partial charge in [-0.3, -0.25) is 4.79 Å². The average Bonchev–Trinajstić information content (AvgIpc) is 2.81. The van der Waals surface area contributed by atoms with Crippen LogP contribution in [0.3, 0.4) is 0 Å². The van der Waals surface area contributed by atoms with Crippen LogP contribution in [0, 0.1) is 0 Å². The minimum absolute atomic E-state index is 0.0742. The molecule has 1 amide bonds. The molecule has 1 aromatic carbocycles. The van der Waals surface area contributed by atoms with Gasteiger partial charge in [-0.25, -0.2) is 4.98 Å². The summed E-state index contributed by atoms with van der Waals surface area (Å²) in [5, 5.41) is 10.7. The van der Waals surface area contributed by atoms with E-state index >= 15 is 0 Å². The number of likely N-dealkylation sites (N-methyl/N-ethyl adjacent to an activating group) is 1. The second-order valence-electron chi connectivity index (χ2n) is 4.83. The smallest absolute Gasteiger partial charge is 0.265 e. The molecule has 0 aliphatic carbocycles. The Kier molecular flexibility index (Phi) is 3.48. The number of aliphatic hydroxyl groups is 1. The van der Waals surface area contributed by atoms with Crippen LogP contribution in [0.2, 0.25) is 0 Å². The van der Waals surface area contributed by atoms with E-state index in [2.05, 4.69) is 4.98 Å². The number of benzene rings is 1. The van der Waals surface area contributed by atoms with Crippen molar-refractivity contribution < 1.29 is 9.90 Å². The minimum Gasteiger partial charge on any atom is -0.397 e. The molecule has 5 nitrogen and oxygen atoms in total. The number of hydrogen-bond donors (Lipinski definition) is 2. The summed E-state index contributed by atoms with van der Waals surface area (Å²) in [5.74, 6) is -0.186. The summed E-state index contributed by atoms with van der Waals surface area (Å²) >= 11 is 1.29. The number of amides is 1. The van der Waals surface area contributed by atoms with Crippen LogP contribution in [0.25, 0.3) is 21.1 Å². The normalized spacial score (nSPS) is 11.1. The van der Waals surface area contributed by atoms with E-state index in [0.29, 0.717) is 10.6 Å². The molecule has 0 spiro atoms. The van der Waals surface area contributed by atoms with Gasteiger partial charge in [0.05, 0.1) is 17.8 Å². The maximum absolute atomic E-state index is 12.3. The molecule has 0 saturated carbocycles. The molecule has 21 heavy (non-hydrogen) atoms. The van der Waals surface area contributed by atoms with Crippen molar-refractivity contribution in [2.75, 3.05) is 25.9 Å². The molecule has 2 heterocycles. The molecule has 6 heteroatoms. The van der Waals surface area contributed by atoms with Crippen molar-refractivity contribution in [2.45, 2.75) is 0 Å². The zero-order valence-electron chi connectivity index (χ0n) is 11.5. The number of anilines is 1. The third-order valence-electron chi connectivity index (χ3n) is 3.40. The molecule has 0 fully saturated rings. The highest BCUT2D eigenvalue weighted by atomic mass is 32.1. The number of rotatable bonds is 3. The summed E-state index contributed by atoms with van der Waals surface area (Å²) in [6.07, 6.45) is 0. The molecule has 0 saturated heterocycles. The van der Waals surface area contributed by atoms with Gasteiger partial charge in [0.1, 0.15) is 9.71 Å². The van der Waals surface area contributed by atoms with Crippen LogP contribution in [-0.2, 0) is 0 Å². The topological polar surface area (TPSA) is 79.5 Å². The zero-order chi connectivity index (χ0) is 15.0. The molecule has 0 aliphatic heterocycles. The summed E-state index contributed by atoms with van der Waals surface area (Å²) in [4.78, 5) is 19.6. The van der Waals surface area contributed by atoms with Gasteiger partial charge in [0, 0.05) is 24.4 Å². The molecule has 108 valence electrons. The maximum atomic E-state index is 12.3. The van der Waals surface area contributed by atoms with Crippen molar-refractivity contribution >= 4 is 44.1 Å². The van der Waals surface area contributed by atoms with Crippen LogP contribution in [0.1, 0.15) is 9.67 Å². The molecule has 3 N–H and O–H groups in total. The average molecular weight is 301 g/mol. The van der Waals surface area contributed by atoms with Gasteiger partial charge in [-0.15, -0.1) is 11.3 Å². The fourth-order valence-electron chi connectivity index (χ4n) is 2.23. The first-order chi connectivity index (χ1) is 10.1. The highest BCUT2D eigenvalue weighted by Gasteiger charge is 2.20. The second-order valence-corrected chi connectivity index (χ2v) is 5.83. The van der Waals surface area contributed by atoms with Gasteiger partial charge in [-0.1, -0.05) is 18.2 Å². The predicted octanol–water partition coefficient (Wildman–Crippen LogP) is 2.10. The number of nitrogens with zero attached hydrogens (tertiary/aromatic N) is 2. The second kappa shape index (κ2) is 5.31. The summed E-state index contributed by atoms with van der Waals surface area (Å²) < 4.78 is 0. The molecular formula is C15H15N3O2S. The SMILES string of the molecule is CN(CCO)C(=O)c1sc2nc3ccccc3cc2c1N. The number of fused-ring (bicyclic) bond motifs is 2. The Morgan fingerprint density at radius 3 is 2.95 bits per heavy atom. The van der Waals surface area contributed by atoms with Gasteiger partial charge < -0.3 is 15.7 Å². The monoisotopic (exact) mass is 301 g/mol. The molecule has 0 radical (unpaired) electrons. The van der Waals surface area contributed by atoms with E-state index in [4.69, 9.17) is 10.8 Å². The number of thiophene rings is 1. The van der Waals surface area contributed by atoms with E-state index in [-0.39, 0.29) is 19.1 Å². The first kappa shape index (κ1) is 13.8. The van der Waals surface area contributed by atoms with Crippen molar-refractivity contribution in [1.29, 1.82) is 0 Å². The van der Waals surface area contributed by atoms with Crippen LogP contribution < -0.4 is 5.73 Å². The van der Waals surface area contributed by atoms with E-state index in [1.54, 1.807) is 7.05 Å². The number of hydrogen-bond acceptors (Lipinski definition) is 5. The fourth-order valence-corrected chi connectivity index (χ4v) is 3.31. The Balaban J connectivity index is 2.15.